The van der Waals surface area contributed by atoms with E-state index in [0.717, 1.165) is 12.8 Å². The predicted molar refractivity (Wildman–Crippen MR) is 58.0 cm³/mol. The third-order valence-corrected chi connectivity index (χ3v) is 3.22. The quantitative estimate of drug-likeness (QED) is 0.726. The first-order chi connectivity index (χ1) is 6.71. The maximum Gasteiger partial charge on any atom is 0.0528 e. The molecule has 0 amide bonds. The van der Waals surface area contributed by atoms with Gasteiger partial charge in [0.25, 0.3) is 0 Å². The number of hydrogen-bond donors (Lipinski definition) is 1. The lowest BCUT2D eigenvalue weighted by Gasteiger charge is -2.12. The molecule has 2 heteroatoms. The smallest absolute Gasteiger partial charge is 0.0528 e. The standard InChI is InChI=1S/C12H14N2/c1-14-8-5-9-3-2-4-10(11(9)14)12(13)6-7-12/h2-5,8H,6-7,13H2,1H3. The highest BCUT2D eigenvalue weighted by Crippen LogP contribution is 2.45. The Morgan fingerprint density at radius 3 is 2.79 bits per heavy atom. The van der Waals surface area contributed by atoms with Crippen molar-refractivity contribution in [2.45, 2.75) is 18.4 Å². The normalized spacial score (nSPS) is 18.7. The Morgan fingerprint density at radius 1 is 1.29 bits per heavy atom. The molecule has 1 aliphatic carbocycles. The van der Waals surface area contributed by atoms with Crippen molar-refractivity contribution in [2.24, 2.45) is 12.8 Å². The van der Waals surface area contributed by atoms with Gasteiger partial charge in [0, 0.05) is 18.8 Å². The molecule has 1 fully saturated rings. The summed E-state index contributed by atoms with van der Waals surface area (Å²) >= 11 is 0. The molecule has 2 aromatic rings. The molecule has 1 saturated carbocycles. The lowest BCUT2D eigenvalue weighted by molar-refractivity contribution is 0.740. The molecule has 1 aromatic heterocycles. The van der Waals surface area contributed by atoms with Gasteiger partial charge in [-0.15, -0.1) is 0 Å². The predicted octanol–water partition coefficient (Wildman–Crippen LogP) is 2.13. The van der Waals surface area contributed by atoms with Crippen molar-refractivity contribution in [3.05, 3.63) is 36.0 Å². The van der Waals surface area contributed by atoms with Gasteiger partial charge in [-0.2, -0.15) is 0 Å². The topological polar surface area (TPSA) is 30.9 Å². The summed E-state index contributed by atoms with van der Waals surface area (Å²) in [5.74, 6) is 0. The molecule has 0 bridgehead atoms. The van der Waals surface area contributed by atoms with Gasteiger partial charge in [0.15, 0.2) is 0 Å². The molecule has 0 unspecified atom stereocenters. The van der Waals surface area contributed by atoms with Crippen molar-refractivity contribution in [2.75, 3.05) is 0 Å². The summed E-state index contributed by atoms with van der Waals surface area (Å²) in [6.45, 7) is 0. The van der Waals surface area contributed by atoms with Crippen LogP contribution in [0.1, 0.15) is 18.4 Å². The van der Waals surface area contributed by atoms with Gasteiger partial charge in [-0.25, -0.2) is 0 Å². The largest absolute Gasteiger partial charge is 0.350 e. The summed E-state index contributed by atoms with van der Waals surface area (Å²) in [4.78, 5) is 0. The van der Waals surface area contributed by atoms with Crippen LogP contribution in [0.5, 0.6) is 0 Å². The van der Waals surface area contributed by atoms with E-state index in [4.69, 9.17) is 5.73 Å². The first-order valence-corrected chi connectivity index (χ1v) is 5.04. The highest BCUT2D eigenvalue weighted by molar-refractivity contribution is 5.84. The van der Waals surface area contributed by atoms with E-state index in [1.54, 1.807) is 0 Å². The lowest BCUT2D eigenvalue weighted by Crippen LogP contribution is -2.19. The maximum absolute atomic E-state index is 6.25. The minimum Gasteiger partial charge on any atom is -0.350 e. The number of aryl methyl sites for hydroxylation is 1. The molecule has 1 aromatic carbocycles. The van der Waals surface area contributed by atoms with Gasteiger partial charge >= 0.3 is 0 Å². The Labute approximate surface area is 83.3 Å². The van der Waals surface area contributed by atoms with Crippen LogP contribution in [-0.2, 0) is 12.6 Å². The maximum atomic E-state index is 6.25. The molecule has 1 aliphatic rings. The molecule has 1 heterocycles. The van der Waals surface area contributed by atoms with E-state index in [0.29, 0.717) is 0 Å². The van der Waals surface area contributed by atoms with Gasteiger partial charge in [-0.3, -0.25) is 0 Å². The summed E-state index contributed by atoms with van der Waals surface area (Å²) in [6, 6.07) is 8.55. The molecule has 0 radical (unpaired) electrons. The van der Waals surface area contributed by atoms with E-state index in [1.807, 2.05) is 0 Å². The van der Waals surface area contributed by atoms with Crippen LogP contribution in [0.15, 0.2) is 30.5 Å². The second-order valence-electron chi connectivity index (χ2n) is 4.33. The lowest BCUT2D eigenvalue weighted by atomic mass is 10.0. The molecule has 3 rings (SSSR count). The van der Waals surface area contributed by atoms with Crippen LogP contribution >= 0.6 is 0 Å². The number of fused-ring (bicyclic) bond motifs is 1. The molecule has 0 spiro atoms. The Balaban J connectivity index is 2.37. The minimum absolute atomic E-state index is 0.0361. The molecule has 14 heavy (non-hydrogen) atoms. The zero-order valence-electron chi connectivity index (χ0n) is 8.33. The number of para-hydroxylation sites is 1. The monoisotopic (exact) mass is 186 g/mol. The molecule has 2 nitrogen and oxygen atoms in total. The fourth-order valence-electron chi connectivity index (χ4n) is 2.16. The van der Waals surface area contributed by atoms with E-state index in [2.05, 4.69) is 42.1 Å². The summed E-state index contributed by atoms with van der Waals surface area (Å²) in [5.41, 5.74) is 8.82. The van der Waals surface area contributed by atoms with Gasteiger partial charge < -0.3 is 10.3 Å². The fourth-order valence-corrected chi connectivity index (χ4v) is 2.16. The van der Waals surface area contributed by atoms with Crippen LogP contribution < -0.4 is 5.73 Å². The SMILES string of the molecule is Cn1ccc2cccc(C3(N)CC3)c21. The second kappa shape index (κ2) is 2.39. The molecular formula is C12H14N2. The number of nitrogens with two attached hydrogens (primary N) is 1. The highest BCUT2D eigenvalue weighted by Gasteiger charge is 2.41. The first kappa shape index (κ1) is 8.06. The fraction of sp³-hybridized carbons (Fsp3) is 0.333. The van der Waals surface area contributed by atoms with Crippen LogP contribution in [0, 0.1) is 0 Å². The van der Waals surface area contributed by atoms with Gasteiger partial charge in [0.1, 0.15) is 0 Å². The van der Waals surface area contributed by atoms with E-state index in [-0.39, 0.29) is 5.54 Å². The molecule has 2 N–H and O–H groups in total. The third kappa shape index (κ3) is 0.946. The van der Waals surface area contributed by atoms with Crippen LogP contribution in [0.4, 0.5) is 0 Å². The van der Waals surface area contributed by atoms with E-state index >= 15 is 0 Å². The number of nitrogens with zero attached hydrogens (tertiary/aromatic N) is 1. The van der Waals surface area contributed by atoms with Crippen molar-refractivity contribution < 1.29 is 0 Å². The zero-order valence-corrected chi connectivity index (χ0v) is 8.33. The molecular weight excluding hydrogens is 172 g/mol. The summed E-state index contributed by atoms with van der Waals surface area (Å²) in [7, 11) is 2.08. The number of hydrogen-bond acceptors (Lipinski definition) is 1. The first-order valence-electron chi connectivity index (χ1n) is 5.04. The molecule has 0 atom stereocenters. The van der Waals surface area contributed by atoms with Crippen molar-refractivity contribution in [3.8, 4) is 0 Å². The van der Waals surface area contributed by atoms with Crippen molar-refractivity contribution in [1.82, 2.24) is 4.57 Å². The Bertz CT molecular complexity index is 492. The zero-order chi connectivity index (χ0) is 9.76. The second-order valence-corrected chi connectivity index (χ2v) is 4.33. The van der Waals surface area contributed by atoms with E-state index in [1.165, 1.54) is 16.5 Å². The number of aromatic nitrogens is 1. The average Bonchev–Trinajstić information content (AvgIpc) is 2.83. The van der Waals surface area contributed by atoms with Crippen molar-refractivity contribution in [3.63, 3.8) is 0 Å². The molecule has 0 aliphatic heterocycles. The molecule has 72 valence electrons. The highest BCUT2D eigenvalue weighted by atomic mass is 14.9. The van der Waals surface area contributed by atoms with Crippen LogP contribution in [-0.4, -0.2) is 4.57 Å². The number of rotatable bonds is 1. The third-order valence-electron chi connectivity index (χ3n) is 3.22. The van der Waals surface area contributed by atoms with Gasteiger partial charge in [0.05, 0.1) is 5.52 Å². The summed E-state index contributed by atoms with van der Waals surface area (Å²) in [5, 5.41) is 1.29. The minimum atomic E-state index is -0.0361. The van der Waals surface area contributed by atoms with Gasteiger partial charge in [0.2, 0.25) is 0 Å². The number of benzene rings is 1. The Morgan fingerprint density at radius 2 is 2.07 bits per heavy atom. The van der Waals surface area contributed by atoms with Gasteiger partial charge in [-0.05, 0) is 29.9 Å². The Kier molecular flexibility index (Phi) is 1.38. The van der Waals surface area contributed by atoms with Crippen LogP contribution in [0.25, 0.3) is 10.9 Å². The van der Waals surface area contributed by atoms with Crippen LogP contribution in [0.3, 0.4) is 0 Å². The average molecular weight is 186 g/mol. The van der Waals surface area contributed by atoms with Crippen molar-refractivity contribution >= 4 is 10.9 Å². The van der Waals surface area contributed by atoms with Crippen LogP contribution in [0.2, 0.25) is 0 Å². The Hall–Kier alpha value is -1.28. The van der Waals surface area contributed by atoms with Crippen molar-refractivity contribution in [1.29, 1.82) is 0 Å². The molecule has 0 saturated heterocycles. The summed E-state index contributed by atoms with van der Waals surface area (Å²) < 4.78 is 2.16. The summed E-state index contributed by atoms with van der Waals surface area (Å²) in [6.07, 6.45) is 4.34. The van der Waals surface area contributed by atoms with Gasteiger partial charge in [-0.1, -0.05) is 18.2 Å². The van der Waals surface area contributed by atoms with E-state index in [9.17, 15) is 0 Å². The van der Waals surface area contributed by atoms with E-state index < -0.39 is 0 Å².